The van der Waals surface area contributed by atoms with E-state index in [-0.39, 0.29) is 5.41 Å². The lowest BCUT2D eigenvalue weighted by atomic mass is 9.89. The van der Waals surface area contributed by atoms with Gasteiger partial charge in [0.25, 0.3) is 0 Å². The van der Waals surface area contributed by atoms with Crippen molar-refractivity contribution in [2.24, 2.45) is 7.05 Å². The molecule has 0 saturated carbocycles. The number of ether oxygens (including phenoxy) is 1. The van der Waals surface area contributed by atoms with Gasteiger partial charge in [0.1, 0.15) is 0 Å². The number of nitrogens with one attached hydrogen (secondary N) is 1. The first-order chi connectivity index (χ1) is 9.86. The molecule has 21 heavy (non-hydrogen) atoms. The van der Waals surface area contributed by atoms with E-state index in [2.05, 4.69) is 49.2 Å². The molecule has 5 heteroatoms. The summed E-state index contributed by atoms with van der Waals surface area (Å²) in [5, 5.41) is 8.26. The van der Waals surface area contributed by atoms with Gasteiger partial charge in [0.15, 0.2) is 0 Å². The Bertz CT molecular complexity index is 444. The predicted octanol–water partition coefficient (Wildman–Crippen LogP) is 1.53. The maximum Gasteiger partial charge on any atom is 0.0722 e. The van der Waals surface area contributed by atoms with Crippen LogP contribution < -0.4 is 5.32 Å². The van der Waals surface area contributed by atoms with Crippen molar-refractivity contribution in [3.8, 4) is 0 Å². The topological polar surface area (TPSA) is 42.3 Å². The average molecular weight is 294 g/mol. The fourth-order valence-electron chi connectivity index (χ4n) is 2.82. The molecule has 2 rings (SSSR count). The summed E-state index contributed by atoms with van der Waals surface area (Å²) in [6.07, 6.45) is 2.13. The Labute approximate surface area is 128 Å². The summed E-state index contributed by atoms with van der Waals surface area (Å²) >= 11 is 0. The Morgan fingerprint density at radius 3 is 2.62 bits per heavy atom. The largest absolute Gasteiger partial charge is 0.379 e. The SMILES string of the molecule is CC(CN1CCOCC1)NCc1cn(C)nc1C(C)(C)C. The molecule has 1 fully saturated rings. The number of aromatic nitrogens is 2. The average Bonchev–Trinajstić information content (AvgIpc) is 2.79. The summed E-state index contributed by atoms with van der Waals surface area (Å²) in [5.41, 5.74) is 2.58. The Balaban J connectivity index is 1.87. The number of aryl methyl sites for hydroxylation is 1. The second-order valence-corrected chi connectivity index (χ2v) is 7.12. The summed E-state index contributed by atoms with van der Waals surface area (Å²) < 4.78 is 7.31. The highest BCUT2D eigenvalue weighted by Gasteiger charge is 2.22. The van der Waals surface area contributed by atoms with Crippen molar-refractivity contribution in [3.63, 3.8) is 0 Å². The van der Waals surface area contributed by atoms with Gasteiger partial charge in [0.05, 0.1) is 18.9 Å². The van der Waals surface area contributed by atoms with Gasteiger partial charge in [0.2, 0.25) is 0 Å². The molecule has 2 heterocycles. The van der Waals surface area contributed by atoms with Crippen LogP contribution in [0.15, 0.2) is 6.20 Å². The molecule has 120 valence electrons. The van der Waals surface area contributed by atoms with Crippen LogP contribution in [0, 0.1) is 0 Å². The van der Waals surface area contributed by atoms with Gasteiger partial charge in [0, 0.05) is 56.4 Å². The molecule has 1 aromatic rings. The van der Waals surface area contributed by atoms with E-state index in [1.807, 2.05) is 11.7 Å². The summed E-state index contributed by atoms with van der Waals surface area (Å²) in [6, 6.07) is 0.469. The molecule has 0 aromatic carbocycles. The van der Waals surface area contributed by atoms with E-state index >= 15 is 0 Å². The molecule has 1 atom stereocenters. The summed E-state index contributed by atoms with van der Waals surface area (Å²) in [5.74, 6) is 0. The number of rotatable bonds is 5. The Hall–Kier alpha value is -0.910. The van der Waals surface area contributed by atoms with Crippen molar-refractivity contribution in [1.29, 1.82) is 0 Å². The van der Waals surface area contributed by atoms with Crippen molar-refractivity contribution in [2.75, 3.05) is 32.8 Å². The first-order valence-electron chi connectivity index (χ1n) is 7.93. The Morgan fingerprint density at radius 1 is 1.33 bits per heavy atom. The molecular weight excluding hydrogens is 264 g/mol. The zero-order valence-corrected chi connectivity index (χ0v) is 14.1. The number of nitrogens with zero attached hydrogens (tertiary/aromatic N) is 3. The molecule has 0 aliphatic carbocycles. The highest BCUT2D eigenvalue weighted by molar-refractivity contribution is 5.23. The Morgan fingerprint density at radius 2 is 2.00 bits per heavy atom. The van der Waals surface area contributed by atoms with E-state index in [9.17, 15) is 0 Å². The lowest BCUT2D eigenvalue weighted by Crippen LogP contribution is -2.44. The second kappa shape index (κ2) is 6.90. The molecular formula is C16H30N4O. The minimum absolute atomic E-state index is 0.0890. The fraction of sp³-hybridized carbons (Fsp3) is 0.812. The van der Waals surface area contributed by atoms with E-state index in [1.54, 1.807) is 0 Å². The molecule has 0 spiro atoms. The van der Waals surface area contributed by atoms with Crippen molar-refractivity contribution in [1.82, 2.24) is 20.0 Å². The maximum atomic E-state index is 5.39. The molecule has 0 radical (unpaired) electrons. The van der Waals surface area contributed by atoms with Gasteiger partial charge in [-0.25, -0.2) is 0 Å². The van der Waals surface area contributed by atoms with Crippen LogP contribution in [0.25, 0.3) is 0 Å². The van der Waals surface area contributed by atoms with Crippen molar-refractivity contribution in [3.05, 3.63) is 17.5 Å². The zero-order chi connectivity index (χ0) is 15.5. The summed E-state index contributed by atoms with van der Waals surface area (Å²) in [4.78, 5) is 2.47. The maximum absolute atomic E-state index is 5.39. The second-order valence-electron chi connectivity index (χ2n) is 7.12. The monoisotopic (exact) mass is 294 g/mol. The third-order valence-electron chi connectivity index (χ3n) is 3.89. The van der Waals surface area contributed by atoms with Crippen LogP contribution in [-0.2, 0) is 23.7 Å². The molecule has 1 N–H and O–H groups in total. The molecule has 5 nitrogen and oxygen atoms in total. The third kappa shape index (κ3) is 4.80. The molecule has 1 saturated heterocycles. The zero-order valence-electron chi connectivity index (χ0n) is 14.1. The van der Waals surface area contributed by atoms with Crippen LogP contribution >= 0.6 is 0 Å². The quantitative estimate of drug-likeness (QED) is 0.894. The van der Waals surface area contributed by atoms with Gasteiger partial charge < -0.3 is 10.1 Å². The molecule has 0 amide bonds. The van der Waals surface area contributed by atoms with Crippen LogP contribution in [0.1, 0.15) is 39.0 Å². The minimum atomic E-state index is 0.0890. The van der Waals surface area contributed by atoms with Crippen LogP contribution in [0.2, 0.25) is 0 Å². The van der Waals surface area contributed by atoms with Crippen LogP contribution in [0.3, 0.4) is 0 Å². The van der Waals surface area contributed by atoms with Gasteiger partial charge in [-0.2, -0.15) is 5.10 Å². The standard InChI is InChI=1S/C16H30N4O/c1-13(11-20-6-8-21-9-7-20)17-10-14-12-19(5)18-15(14)16(2,3)4/h12-13,17H,6-11H2,1-5H3. The molecule has 1 aliphatic heterocycles. The highest BCUT2D eigenvalue weighted by atomic mass is 16.5. The van der Waals surface area contributed by atoms with Gasteiger partial charge in [-0.1, -0.05) is 20.8 Å². The van der Waals surface area contributed by atoms with E-state index in [4.69, 9.17) is 4.74 Å². The van der Waals surface area contributed by atoms with Gasteiger partial charge >= 0.3 is 0 Å². The fourth-order valence-corrected chi connectivity index (χ4v) is 2.82. The lowest BCUT2D eigenvalue weighted by Gasteiger charge is -2.29. The van der Waals surface area contributed by atoms with E-state index in [0.717, 1.165) is 39.4 Å². The Kier molecular flexibility index (Phi) is 5.41. The van der Waals surface area contributed by atoms with E-state index < -0.39 is 0 Å². The van der Waals surface area contributed by atoms with Gasteiger partial charge in [-0.05, 0) is 6.92 Å². The normalized spacial score (nSPS) is 18.9. The lowest BCUT2D eigenvalue weighted by molar-refractivity contribution is 0.0343. The smallest absolute Gasteiger partial charge is 0.0722 e. The van der Waals surface area contributed by atoms with Crippen LogP contribution in [0.4, 0.5) is 0 Å². The van der Waals surface area contributed by atoms with Crippen LogP contribution in [0.5, 0.6) is 0 Å². The number of hydrogen-bond donors (Lipinski definition) is 1. The van der Waals surface area contributed by atoms with Gasteiger partial charge in [-0.15, -0.1) is 0 Å². The molecule has 0 bridgehead atoms. The first-order valence-corrected chi connectivity index (χ1v) is 7.93. The summed E-state index contributed by atoms with van der Waals surface area (Å²) in [6.45, 7) is 14.7. The minimum Gasteiger partial charge on any atom is -0.379 e. The van der Waals surface area contributed by atoms with Gasteiger partial charge in [-0.3, -0.25) is 9.58 Å². The van der Waals surface area contributed by atoms with Crippen LogP contribution in [-0.4, -0.2) is 53.6 Å². The highest BCUT2D eigenvalue weighted by Crippen LogP contribution is 2.24. The molecule has 1 aromatic heterocycles. The first kappa shape index (κ1) is 16.5. The summed E-state index contributed by atoms with van der Waals surface area (Å²) in [7, 11) is 2.00. The molecule has 1 aliphatic rings. The predicted molar refractivity (Wildman–Crippen MR) is 85.5 cm³/mol. The number of morpholine rings is 1. The van der Waals surface area contributed by atoms with E-state index in [0.29, 0.717) is 6.04 Å². The van der Waals surface area contributed by atoms with Crippen molar-refractivity contribution in [2.45, 2.75) is 45.7 Å². The number of hydrogen-bond acceptors (Lipinski definition) is 4. The van der Waals surface area contributed by atoms with Crippen molar-refractivity contribution >= 4 is 0 Å². The molecule has 1 unspecified atom stereocenters. The van der Waals surface area contributed by atoms with Crippen molar-refractivity contribution < 1.29 is 4.74 Å². The van der Waals surface area contributed by atoms with E-state index in [1.165, 1.54) is 11.3 Å². The third-order valence-corrected chi connectivity index (χ3v) is 3.89.